The van der Waals surface area contributed by atoms with Crippen LogP contribution in [0.5, 0.6) is 0 Å². The molecule has 0 atom stereocenters. The van der Waals surface area contributed by atoms with Gasteiger partial charge in [-0.1, -0.05) is 25.5 Å². The van der Waals surface area contributed by atoms with Crippen molar-refractivity contribution < 1.29 is 14.6 Å². The second-order valence-electron chi connectivity index (χ2n) is 7.87. The zero-order valence-corrected chi connectivity index (χ0v) is 15.6. The molecule has 25 heavy (non-hydrogen) atoms. The van der Waals surface area contributed by atoms with Gasteiger partial charge in [0.1, 0.15) is 0 Å². The number of methoxy groups -OCH3 is 1. The Morgan fingerprint density at radius 2 is 1.80 bits per heavy atom. The smallest absolute Gasteiger partial charge is 0.233 e. The minimum Gasteiger partial charge on any atom is -0.390 e. The zero-order valence-electron chi connectivity index (χ0n) is 15.6. The van der Waals surface area contributed by atoms with Crippen LogP contribution in [0.2, 0.25) is 0 Å². The number of ether oxygens (including phenoxy) is 1. The van der Waals surface area contributed by atoms with Crippen LogP contribution >= 0.6 is 0 Å². The molecule has 138 valence electrons. The number of amides is 1. The van der Waals surface area contributed by atoms with Gasteiger partial charge in [0.05, 0.1) is 17.6 Å². The number of carbonyl (C=O) groups excluding carboxylic acids is 1. The van der Waals surface area contributed by atoms with E-state index in [1.54, 1.807) is 7.11 Å². The van der Waals surface area contributed by atoms with E-state index < -0.39 is 5.60 Å². The first kappa shape index (κ1) is 18.4. The highest BCUT2D eigenvalue weighted by atomic mass is 16.5. The van der Waals surface area contributed by atoms with Gasteiger partial charge in [0.2, 0.25) is 5.91 Å². The molecule has 1 N–H and O–H groups in total. The molecule has 1 heterocycles. The highest BCUT2D eigenvalue weighted by Gasteiger charge is 2.51. The summed E-state index contributed by atoms with van der Waals surface area (Å²) in [4.78, 5) is 15.1. The molecule has 1 aromatic carbocycles. The summed E-state index contributed by atoms with van der Waals surface area (Å²) in [5.41, 5.74) is 1.44. The van der Waals surface area contributed by atoms with Crippen molar-refractivity contribution in [3.63, 3.8) is 0 Å². The van der Waals surface area contributed by atoms with Gasteiger partial charge < -0.3 is 14.7 Å². The van der Waals surface area contributed by atoms with E-state index in [4.69, 9.17) is 4.74 Å². The predicted octanol–water partition coefficient (Wildman–Crippen LogP) is 3.70. The SMILES string of the molecule is CCC[C@]1(O)CC[C@]2(CCN(c3ccc(CCOC)cc3)C2=O)CC1. The van der Waals surface area contributed by atoms with E-state index in [1.165, 1.54) is 5.56 Å². The maximum atomic E-state index is 13.1. The van der Waals surface area contributed by atoms with Gasteiger partial charge in [0.25, 0.3) is 0 Å². The van der Waals surface area contributed by atoms with Crippen LogP contribution in [-0.4, -0.2) is 36.9 Å². The Bertz CT molecular complexity index is 588. The monoisotopic (exact) mass is 345 g/mol. The fourth-order valence-corrected chi connectivity index (χ4v) is 4.50. The second kappa shape index (κ2) is 7.46. The summed E-state index contributed by atoms with van der Waals surface area (Å²) in [7, 11) is 1.71. The lowest BCUT2D eigenvalue weighted by Gasteiger charge is -2.41. The van der Waals surface area contributed by atoms with Gasteiger partial charge in [0, 0.05) is 19.3 Å². The first-order valence-corrected chi connectivity index (χ1v) is 9.64. The highest BCUT2D eigenvalue weighted by molar-refractivity contribution is 6.00. The third-order valence-corrected chi connectivity index (χ3v) is 6.21. The van der Waals surface area contributed by atoms with Crippen molar-refractivity contribution in [2.45, 2.75) is 63.9 Å². The third kappa shape index (κ3) is 3.75. The molecule has 0 unspecified atom stereocenters. The molecule has 0 aromatic heterocycles. The third-order valence-electron chi connectivity index (χ3n) is 6.21. The topological polar surface area (TPSA) is 49.8 Å². The molecule has 2 aliphatic rings. The summed E-state index contributed by atoms with van der Waals surface area (Å²) >= 11 is 0. The number of rotatable bonds is 6. The van der Waals surface area contributed by atoms with E-state index in [2.05, 4.69) is 31.2 Å². The van der Waals surface area contributed by atoms with E-state index in [1.807, 2.05) is 4.90 Å². The molecule has 4 heteroatoms. The van der Waals surface area contributed by atoms with Crippen molar-refractivity contribution in [1.29, 1.82) is 0 Å². The fraction of sp³-hybridized carbons (Fsp3) is 0.667. The minimum absolute atomic E-state index is 0.241. The van der Waals surface area contributed by atoms with Crippen molar-refractivity contribution in [1.82, 2.24) is 0 Å². The number of aliphatic hydroxyl groups is 1. The van der Waals surface area contributed by atoms with Gasteiger partial charge in [-0.25, -0.2) is 0 Å². The summed E-state index contributed by atoms with van der Waals surface area (Å²) < 4.78 is 5.12. The number of nitrogens with zero attached hydrogens (tertiary/aromatic N) is 1. The first-order valence-electron chi connectivity index (χ1n) is 9.64. The molecule has 1 amide bonds. The Hall–Kier alpha value is -1.39. The van der Waals surface area contributed by atoms with Crippen molar-refractivity contribution in [2.75, 3.05) is 25.2 Å². The van der Waals surface area contributed by atoms with Crippen molar-refractivity contribution >= 4 is 11.6 Å². The molecule has 1 aromatic rings. The van der Waals surface area contributed by atoms with E-state index in [-0.39, 0.29) is 11.3 Å². The summed E-state index contributed by atoms with van der Waals surface area (Å²) in [5.74, 6) is 0.260. The van der Waals surface area contributed by atoms with Gasteiger partial charge in [0.15, 0.2) is 0 Å². The van der Waals surface area contributed by atoms with E-state index in [0.717, 1.165) is 63.6 Å². The van der Waals surface area contributed by atoms with Crippen LogP contribution in [0.1, 0.15) is 57.4 Å². The average molecular weight is 345 g/mol. The molecule has 1 aliphatic carbocycles. The molecule has 4 nitrogen and oxygen atoms in total. The molecule has 0 bridgehead atoms. The van der Waals surface area contributed by atoms with Gasteiger partial charge in [-0.2, -0.15) is 0 Å². The maximum Gasteiger partial charge on any atom is 0.233 e. The molecule has 1 aliphatic heterocycles. The molecular weight excluding hydrogens is 314 g/mol. The Labute approximate surface area is 151 Å². The lowest BCUT2D eigenvalue weighted by atomic mass is 9.67. The van der Waals surface area contributed by atoms with E-state index in [0.29, 0.717) is 6.61 Å². The Morgan fingerprint density at radius 3 is 2.40 bits per heavy atom. The summed E-state index contributed by atoms with van der Waals surface area (Å²) in [6.45, 7) is 3.62. The maximum absolute atomic E-state index is 13.1. The van der Waals surface area contributed by atoms with Crippen LogP contribution in [0.4, 0.5) is 5.69 Å². The number of benzene rings is 1. The van der Waals surface area contributed by atoms with Crippen molar-refractivity contribution in [3.8, 4) is 0 Å². The van der Waals surface area contributed by atoms with E-state index >= 15 is 0 Å². The van der Waals surface area contributed by atoms with Gasteiger partial charge in [-0.3, -0.25) is 4.79 Å². The molecule has 2 fully saturated rings. The average Bonchev–Trinajstić information content (AvgIpc) is 2.94. The fourth-order valence-electron chi connectivity index (χ4n) is 4.50. The van der Waals surface area contributed by atoms with Gasteiger partial charge in [-0.05, 0) is 62.6 Å². The minimum atomic E-state index is -0.545. The van der Waals surface area contributed by atoms with Crippen LogP contribution in [0.15, 0.2) is 24.3 Å². The lowest BCUT2D eigenvalue weighted by molar-refractivity contribution is -0.130. The molecule has 0 radical (unpaired) electrons. The molecular formula is C21H31NO3. The highest BCUT2D eigenvalue weighted by Crippen LogP contribution is 2.49. The lowest BCUT2D eigenvalue weighted by Crippen LogP contribution is -2.43. The predicted molar refractivity (Wildman–Crippen MR) is 99.8 cm³/mol. The standard InChI is InChI=1S/C21H31NO3/c1-3-9-21(24)12-10-20(11-13-21)14-15-22(19(20)23)18-6-4-17(5-7-18)8-16-25-2/h4-7,24H,3,8-16H2,1-2H3/t20-,21+. The molecule has 1 saturated heterocycles. The van der Waals surface area contributed by atoms with Crippen molar-refractivity contribution in [2.24, 2.45) is 5.41 Å². The molecule has 1 saturated carbocycles. The summed E-state index contributed by atoms with van der Waals surface area (Å²) in [6.07, 6.45) is 6.83. The Morgan fingerprint density at radius 1 is 1.12 bits per heavy atom. The summed E-state index contributed by atoms with van der Waals surface area (Å²) in [6, 6.07) is 8.29. The second-order valence-corrected chi connectivity index (χ2v) is 7.87. The van der Waals surface area contributed by atoms with Crippen LogP contribution < -0.4 is 4.90 Å². The van der Waals surface area contributed by atoms with Crippen LogP contribution in [-0.2, 0) is 16.0 Å². The molecule has 1 spiro atoms. The van der Waals surface area contributed by atoms with Gasteiger partial charge in [-0.15, -0.1) is 0 Å². The summed E-state index contributed by atoms with van der Waals surface area (Å²) in [5, 5.41) is 10.7. The first-order chi connectivity index (χ1) is 12.0. The van der Waals surface area contributed by atoms with Crippen molar-refractivity contribution in [3.05, 3.63) is 29.8 Å². The number of hydrogen-bond acceptors (Lipinski definition) is 3. The zero-order chi connectivity index (χ0) is 17.9. The Kier molecular flexibility index (Phi) is 5.49. The van der Waals surface area contributed by atoms with E-state index in [9.17, 15) is 9.90 Å². The number of hydrogen-bond donors (Lipinski definition) is 1. The Balaban J connectivity index is 1.66. The van der Waals surface area contributed by atoms with Gasteiger partial charge >= 0.3 is 0 Å². The van der Waals surface area contributed by atoms with Crippen LogP contribution in [0.25, 0.3) is 0 Å². The molecule has 3 rings (SSSR count). The normalized spacial score (nSPS) is 29.6. The number of anilines is 1. The quantitative estimate of drug-likeness (QED) is 0.855. The van der Waals surface area contributed by atoms with Crippen LogP contribution in [0.3, 0.4) is 0 Å². The van der Waals surface area contributed by atoms with Crippen LogP contribution in [0, 0.1) is 5.41 Å². The largest absolute Gasteiger partial charge is 0.390 e. The number of carbonyl (C=O) groups is 1.